The molecule has 0 radical (unpaired) electrons. The molecular weight excluding hydrogens is 216 g/mol. The molecule has 0 spiro atoms. The van der Waals surface area contributed by atoms with Crippen molar-refractivity contribution < 1.29 is 0 Å². The number of nitrogens with one attached hydrogen (secondary N) is 1. The average molecular weight is 238 g/mol. The van der Waals surface area contributed by atoms with Crippen LogP contribution < -0.4 is 5.32 Å². The fourth-order valence-corrected chi connectivity index (χ4v) is 3.09. The van der Waals surface area contributed by atoms with Crippen LogP contribution in [0.3, 0.4) is 0 Å². The van der Waals surface area contributed by atoms with Gasteiger partial charge in [-0.3, -0.25) is 4.90 Å². The predicted molar refractivity (Wildman–Crippen MR) is 70.9 cm³/mol. The number of nitrogens with zero attached hydrogens (tertiary/aromatic N) is 1. The molecule has 3 heteroatoms. The topological polar surface area (TPSA) is 15.3 Å². The molecule has 0 unspecified atom stereocenters. The van der Waals surface area contributed by atoms with Crippen molar-refractivity contribution in [2.24, 2.45) is 0 Å². The lowest BCUT2D eigenvalue weighted by molar-refractivity contribution is 0.176. The molecule has 0 bridgehead atoms. The van der Waals surface area contributed by atoms with Gasteiger partial charge in [-0.2, -0.15) is 0 Å². The van der Waals surface area contributed by atoms with E-state index in [9.17, 15) is 0 Å². The zero-order valence-corrected chi connectivity index (χ0v) is 11.1. The number of rotatable bonds is 5. The van der Waals surface area contributed by atoms with E-state index in [1.807, 2.05) is 11.3 Å². The van der Waals surface area contributed by atoms with Gasteiger partial charge in [0.2, 0.25) is 0 Å². The highest BCUT2D eigenvalue weighted by Crippen LogP contribution is 2.27. The lowest BCUT2D eigenvalue weighted by Gasteiger charge is -2.31. The minimum atomic E-state index is 0.421. The second-order valence-corrected chi connectivity index (χ2v) is 6.19. The molecule has 2 nitrogen and oxygen atoms in total. The summed E-state index contributed by atoms with van der Waals surface area (Å²) in [7, 11) is 0. The number of hydrogen-bond donors (Lipinski definition) is 1. The molecule has 1 aromatic rings. The standard InChI is InChI=1S/C13H22N2S/c1-13(2)6-4-8-15(13)9-7-14-11-12-5-3-10-16-12/h3,5,10,14H,4,6-9,11H2,1-2H3. The number of thiophene rings is 1. The Balaban J connectivity index is 1.65. The molecule has 2 rings (SSSR count). The van der Waals surface area contributed by atoms with Crippen LogP contribution in [0.25, 0.3) is 0 Å². The summed E-state index contributed by atoms with van der Waals surface area (Å²) >= 11 is 1.83. The second-order valence-electron chi connectivity index (χ2n) is 5.16. The summed E-state index contributed by atoms with van der Waals surface area (Å²) in [5, 5.41) is 5.66. The van der Waals surface area contributed by atoms with Crippen LogP contribution in [0, 0.1) is 0 Å². The van der Waals surface area contributed by atoms with E-state index in [4.69, 9.17) is 0 Å². The van der Waals surface area contributed by atoms with Crippen molar-refractivity contribution in [1.29, 1.82) is 0 Å². The molecule has 0 amide bonds. The lowest BCUT2D eigenvalue weighted by Crippen LogP contribution is -2.41. The van der Waals surface area contributed by atoms with Gasteiger partial charge in [-0.1, -0.05) is 6.07 Å². The minimum Gasteiger partial charge on any atom is -0.311 e. The summed E-state index contributed by atoms with van der Waals surface area (Å²) < 4.78 is 0. The van der Waals surface area contributed by atoms with Crippen molar-refractivity contribution >= 4 is 11.3 Å². The normalized spacial score (nSPS) is 20.4. The Hall–Kier alpha value is -0.380. The second kappa shape index (κ2) is 5.30. The van der Waals surface area contributed by atoms with Crippen LogP contribution >= 0.6 is 11.3 Å². The van der Waals surface area contributed by atoms with E-state index in [1.54, 1.807) is 0 Å². The largest absolute Gasteiger partial charge is 0.311 e. The smallest absolute Gasteiger partial charge is 0.0300 e. The highest BCUT2D eigenvalue weighted by Gasteiger charge is 2.30. The zero-order chi connectivity index (χ0) is 11.4. The molecule has 0 aliphatic carbocycles. The molecule has 16 heavy (non-hydrogen) atoms. The van der Waals surface area contributed by atoms with E-state index in [0.717, 1.165) is 13.1 Å². The molecule has 1 aromatic heterocycles. The van der Waals surface area contributed by atoms with E-state index in [1.165, 1.54) is 30.8 Å². The van der Waals surface area contributed by atoms with Crippen LogP contribution in [-0.4, -0.2) is 30.1 Å². The Bertz CT molecular complexity index is 306. The van der Waals surface area contributed by atoms with E-state index in [0.29, 0.717) is 5.54 Å². The fourth-order valence-electron chi connectivity index (χ4n) is 2.42. The van der Waals surface area contributed by atoms with Gasteiger partial charge >= 0.3 is 0 Å². The van der Waals surface area contributed by atoms with E-state index >= 15 is 0 Å². The summed E-state index contributed by atoms with van der Waals surface area (Å²) in [4.78, 5) is 4.04. The lowest BCUT2D eigenvalue weighted by atomic mass is 10.0. The molecule has 1 aliphatic rings. The number of likely N-dealkylation sites (tertiary alicyclic amines) is 1. The van der Waals surface area contributed by atoms with Crippen molar-refractivity contribution in [2.45, 2.75) is 38.8 Å². The van der Waals surface area contributed by atoms with Crippen molar-refractivity contribution in [3.8, 4) is 0 Å². The van der Waals surface area contributed by atoms with Gasteiger partial charge in [0, 0.05) is 30.1 Å². The van der Waals surface area contributed by atoms with E-state index < -0.39 is 0 Å². The van der Waals surface area contributed by atoms with Gasteiger partial charge in [0.25, 0.3) is 0 Å². The van der Waals surface area contributed by atoms with Gasteiger partial charge in [0.1, 0.15) is 0 Å². The quantitative estimate of drug-likeness (QED) is 0.794. The van der Waals surface area contributed by atoms with Crippen molar-refractivity contribution in [1.82, 2.24) is 10.2 Å². The predicted octanol–water partition coefficient (Wildman–Crippen LogP) is 2.71. The maximum Gasteiger partial charge on any atom is 0.0300 e. The molecule has 1 saturated heterocycles. The fraction of sp³-hybridized carbons (Fsp3) is 0.692. The Morgan fingerprint density at radius 3 is 3.00 bits per heavy atom. The summed E-state index contributed by atoms with van der Waals surface area (Å²) in [6.45, 7) is 9.29. The summed E-state index contributed by atoms with van der Waals surface area (Å²) in [6, 6.07) is 4.31. The van der Waals surface area contributed by atoms with Crippen LogP contribution in [0.4, 0.5) is 0 Å². The van der Waals surface area contributed by atoms with Crippen LogP contribution in [0.15, 0.2) is 17.5 Å². The van der Waals surface area contributed by atoms with Crippen molar-refractivity contribution in [3.05, 3.63) is 22.4 Å². The first kappa shape index (κ1) is 12.1. The van der Waals surface area contributed by atoms with Crippen LogP contribution in [0.2, 0.25) is 0 Å². The van der Waals surface area contributed by atoms with Gasteiger partial charge in [-0.15, -0.1) is 11.3 Å². The summed E-state index contributed by atoms with van der Waals surface area (Å²) in [6.07, 6.45) is 2.70. The third-order valence-electron chi connectivity index (χ3n) is 3.51. The molecule has 0 atom stereocenters. The molecule has 2 heterocycles. The Morgan fingerprint density at radius 1 is 1.50 bits per heavy atom. The highest BCUT2D eigenvalue weighted by atomic mass is 32.1. The molecule has 0 saturated carbocycles. The molecule has 90 valence electrons. The molecule has 0 aromatic carbocycles. The van der Waals surface area contributed by atoms with E-state index in [-0.39, 0.29) is 0 Å². The Morgan fingerprint density at radius 2 is 2.38 bits per heavy atom. The molecule has 1 fully saturated rings. The highest BCUT2D eigenvalue weighted by molar-refractivity contribution is 7.09. The van der Waals surface area contributed by atoms with Gasteiger partial charge < -0.3 is 5.32 Å². The third-order valence-corrected chi connectivity index (χ3v) is 4.39. The molecule has 1 aliphatic heterocycles. The van der Waals surface area contributed by atoms with Crippen LogP contribution in [0.5, 0.6) is 0 Å². The summed E-state index contributed by atoms with van der Waals surface area (Å²) in [5.41, 5.74) is 0.421. The Kier molecular flexibility index (Phi) is 4.00. The third kappa shape index (κ3) is 3.06. The van der Waals surface area contributed by atoms with Crippen molar-refractivity contribution in [3.63, 3.8) is 0 Å². The SMILES string of the molecule is CC1(C)CCCN1CCNCc1cccs1. The van der Waals surface area contributed by atoms with E-state index in [2.05, 4.69) is 41.6 Å². The first-order valence-electron chi connectivity index (χ1n) is 6.17. The molecular formula is C13H22N2S. The monoisotopic (exact) mass is 238 g/mol. The molecule has 1 N–H and O–H groups in total. The number of hydrogen-bond acceptors (Lipinski definition) is 3. The van der Waals surface area contributed by atoms with Gasteiger partial charge in [0.15, 0.2) is 0 Å². The van der Waals surface area contributed by atoms with Gasteiger partial charge in [-0.25, -0.2) is 0 Å². The maximum absolute atomic E-state index is 3.52. The summed E-state index contributed by atoms with van der Waals surface area (Å²) in [5.74, 6) is 0. The average Bonchev–Trinajstić information content (AvgIpc) is 2.83. The first-order valence-corrected chi connectivity index (χ1v) is 7.05. The zero-order valence-electron chi connectivity index (χ0n) is 10.3. The van der Waals surface area contributed by atoms with Gasteiger partial charge in [0.05, 0.1) is 0 Å². The van der Waals surface area contributed by atoms with Crippen LogP contribution in [-0.2, 0) is 6.54 Å². The first-order chi connectivity index (χ1) is 7.68. The maximum atomic E-state index is 3.52. The minimum absolute atomic E-state index is 0.421. The van der Waals surface area contributed by atoms with Gasteiger partial charge in [-0.05, 0) is 44.7 Å². The van der Waals surface area contributed by atoms with Crippen LogP contribution in [0.1, 0.15) is 31.6 Å². The van der Waals surface area contributed by atoms with Crippen molar-refractivity contribution in [2.75, 3.05) is 19.6 Å². The Labute approximate surface area is 103 Å².